The molecule has 6 nitrogen and oxygen atoms in total. The number of aromatic nitrogens is 2. The summed E-state index contributed by atoms with van der Waals surface area (Å²) < 4.78 is 0. The van der Waals surface area contributed by atoms with E-state index in [0.717, 1.165) is 11.3 Å². The van der Waals surface area contributed by atoms with Crippen molar-refractivity contribution >= 4 is 17.3 Å². The van der Waals surface area contributed by atoms with Crippen LogP contribution in [0.4, 0.5) is 11.4 Å². The number of benzene rings is 1. The van der Waals surface area contributed by atoms with Crippen LogP contribution in [-0.4, -0.2) is 16.1 Å². The van der Waals surface area contributed by atoms with Crippen molar-refractivity contribution in [3.8, 4) is 0 Å². The first-order chi connectivity index (χ1) is 8.58. The second-order valence-corrected chi connectivity index (χ2v) is 4.06. The molecule has 1 amide bonds. The van der Waals surface area contributed by atoms with E-state index in [2.05, 4.69) is 21.0 Å². The Morgan fingerprint density at radius 2 is 1.94 bits per heavy atom. The molecule has 18 heavy (non-hydrogen) atoms. The maximum Gasteiger partial charge on any atom is 0.292 e. The molecule has 0 saturated carbocycles. The lowest BCUT2D eigenvalue weighted by Crippen LogP contribution is -2.30. The van der Waals surface area contributed by atoms with E-state index in [0.29, 0.717) is 11.4 Å². The molecule has 0 aliphatic carbocycles. The fraction of sp³-hybridized carbons (Fsp3) is 0.167. The van der Waals surface area contributed by atoms with Crippen LogP contribution in [0.15, 0.2) is 24.3 Å². The molecular weight excluding hydrogens is 230 g/mol. The molecule has 0 radical (unpaired) electrons. The highest BCUT2D eigenvalue weighted by molar-refractivity contribution is 5.98. The van der Waals surface area contributed by atoms with Gasteiger partial charge in [-0.15, -0.1) is 0 Å². The minimum atomic E-state index is -0.377. The molecule has 0 unspecified atom stereocenters. The van der Waals surface area contributed by atoms with Crippen LogP contribution in [-0.2, 0) is 0 Å². The average Bonchev–Trinajstić information content (AvgIpc) is 2.69. The number of amides is 1. The molecule has 2 aromatic rings. The number of aromatic amines is 1. The summed E-state index contributed by atoms with van der Waals surface area (Å²) in [6.45, 7) is 3.75. The van der Waals surface area contributed by atoms with Crippen LogP contribution in [0, 0.1) is 13.8 Å². The van der Waals surface area contributed by atoms with Gasteiger partial charge in [0, 0.05) is 0 Å². The number of hydrogen-bond acceptors (Lipinski definition) is 4. The van der Waals surface area contributed by atoms with E-state index in [9.17, 15) is 4.79 Å². The Morgan fingerprint density at radius 1 is 1.28 bits per heavy atom. The van der Waals surface area contributed by atoms with E-state index in [1.54, 1.807) is 6.92 Å². The number of hydrogen-bond donors (Lipinski definition) is 4. The fourth-order valence-electron chi connectivity index (χ4n) is 1.44. The van der Waals surface area contributed by atoms with E-state index in [1.165, 1.54) is 0 Å². The zero-order valence-electron chi connectivity index (χ0n) is 10.2. The summed E-state index contributed by atoms with van der Waals surface area (Å²) in [5, 5.41) is 6.50. The molecule has 0 bridgehead atoms. The largest absolute Gasteiger partial charge is 0.395 e. The van der Waals surface area contributed by atoms with E-state index < -0.39 is 0 Å². The van der Waals surface area contributed by atoms with Crippen molar-refractivity contribution in [3.05, 3.63) is 41.2 Å². The summed E-state index contributed by atoms with van der Waals surface area (Å²) in [6, 6.07) is 7.63. The highest BCUT2D eigenvalue weighted by Gasteiger charge is 2.14. The van der Waals surface area contributed by atoms with Crippen LogP contribution in [0.2, 0.25) is 0 Å². The first kappa shape index (κ1) is 12.0. The number of nitrogens with zero attached hydrogens (tertiary/aromatic N) is 1. The molecule has 0 aliphatic rings. The van der Waals surface area contributed by atoms with Crippen molar-refractivity contribution in [2.24, 2.45) is 0 Å². The summed E-state index contributed by atoms with van der Waals surface area (Å²) in [5.74, 6) is -0.377. The maximum atomic E-state index is 11.8. The first-order valence-electron chi connectivity index (χ1n) is 5.51. The second-order valence-electron chi connectivity index (χ2n) is 4.06. The predicted octanol–water partition coefficient (Wildman–Crippen LogP) is 1.37. The maximum absolute atomic E-state index is 11.8. The highest BCUT2D eigenvalue weighted by atomic mass is 16.2. The zero-order valence-corrected chi connectivity index (χ0v) is 10.2. The molecule has 0 spiro atoms. The Morgan fingerprint density at radius 3 is 2.50 bits per heavy atom. The molecule has 1 heterocycles. The van der Waals surface area contributed by atoms with Gasteiger partial charge in [-0.2, -0.15) is 5.10 Å². The topological polar surface area (TPSA) is 95.8 Å². The van der Waals surface area contributed by atoms with Crippen molar-refractivity contribution in [3.63, 3.8) is 0 Å². The molecule has 0 saturated heterocycles. The van der Waals surface area contributed by atoms with E-state index >= 15 is 0 Å². The number of carbonyl (C=O) groups excluding carboxylic acids is 1. The van der Waals surface area contributed by atoms with Crippen molar-refractivity contribution in [1.29, 1.82) is 0 Å². The minimum Gasteiger partial charge on any atom is -0.395 e. The summed E-state index contributed by atoms with van der Waals surface area (Å²) in [6.07, 6.45) is 0. The summed E-state index contributed by atoms with van der Waals surface area (Å²) in [5.41, 5.74) is 14.2. The number of carbonyl (C=O) groups is 1. The van der Waals surface area contributed by atoms with Crippen LogP contribution in [0.3, 0.4) is 0 Å². The normalized spacial score (nSPS) is 10.1. The molecule has 94 valence electrons. The lowest BCUT2D eigenvalue weighted by Gasteiger charge is -2.07. The molecule has 5 N–H and O–H groups in total. The van der Waals surface area contributed by atoms with Gasteiger partial charge in [-0.25, -0.2) is 0 Å². The van der Waals surface area contributed by atoms with Crippen LogP contribution < -0.4 is 16.6 Å². The quantitative estimate of drug-likeness (QED) is 0.614. The number of rotatable bonds is 3. The standard InChI is InChI=1S/C12H15N5O/c1-7-3-5-9(6-4-7)15-17-12(18)11-10(13)8(2)14-16-11/h3-6,15H,13H2,1-2H3,(H,14,16)(H,17,18). The molecule has 1 aromatic heterocycles. The van der Waals surface area contributed by atoms with Crippen molar-refractivity contribution in [2.45, 2.75) is 13.8 Å². The molecule has 1 aromatic carbocycles. The number of H-pyrrole nitrogens is 1. The predicted molar refractivity (Wildman–Crippen MR) is 70.0 cm³/mol. The Labute approximate surface area is 105 Å². The first-order valence-corrected chi connectivity index (χ1v) is 5.51. The van der Waals surface area contributed by atoms with E-state index in [1.807, 2.05) is 31.2 Å². The number of aryl methyl sites for hydroxylation is 2. The Bertz CT molecular complexity index is 558. The van der Waals surface area contributed by atoms with E-state index in [-0.39, 0.29) is 11.6 Å². The Balaban J connectivity index is 2.00. The highest BCUT2D eigenvalue weighted by Crippen LogP contribution is 2.12. The van der Waals surface area contributed by atoms with Crippen molar-refractivity contribution in [2.75, 3.05) is 11.2 Å². The zero-order chi connectivity index (χ0) is 13.1. The van der Waals surface area contributed by atoms with Crippen molar-refractivity contribution in [1.82, 2.24) is 15.6 Å². The average molecular weight is 245 g/mol. The number of anilines is 2. The Kier molecular flexibility index (Phi) is 3.18. The van der Waals surface area contributed by atoms with Crippen LogP contribution in [0.5, 0.6) is 0 Å². The molecule has 6 heteroatoms. The molecule has 0 aliphatic heterocycles. The van der Waals surface area contributed by atoms with Gasteiger partial charge in [0.1, 0.15) is 0 Å². The number of nitrogens with two attached hydrogens (primary N) is 1. The Hall–Kier alpha value is -2.50. The SMILES string of the molecule is Cc1ccc(NNC(=O)c2n[nH]c(C)c2N)cc1. The molecule has 0 fully saturated rings. The van der Waals surface area contributed by atoms with Gasteiger partial charge in [0.25, 0.3) is 5.91 Å². The van der Waals surface area contributed by atoms with Gasteiger partial charge in [0.2, 0.25) is 0 Å². The smallest absolute Gasteiger partial charge is 0.292 e. The molecular formula is C12H15N5O. The second kappa shape index (κ2) is 4.79. The third kappa shape index (κ3) is 2.42. The van der Waals surface area contributed by atoms with Crippen LogP contribution >= 0.6 is 0 Å². The van der Waals surface area contributed by atoms with Gasteiger partial charge in [0.15, 0.2) is 5.69 Å². The molecule has 0 atom stereocenters. The lowest BCUT2D eigenvalue weighted by molar-refractivity contribution is 0.0958. The van der Waals surface area contributed by atoms with Gasteiger partial charge >= 0.3 is 0 Å². The van der Waals surface area contributed by atoms with Crippen LogP contribution in [0.1, 0.15) is 21.7 Å². The minimum absolute atomic E-state index is 0.187. The van der Waals surface area contributed by atoms with E-state index in [4.69, 9.17) is 5.73 Å². The number of nitrogens with one attached hydrogen (secondary N) is 3. The van der Waals surface area contributed by atoms with Crippen LogP contribution in [0.25, 0.3) is 0 Å². The van der Waals surface area contributed by atoms with Gasteiger partial charge in [-0.1, -0.05) is 17.7 Å². The summed E-state index contributed by atoms with van der Waals surface area (Å²) in [7, 11) is 0. The van der Waals surface area contributed by atoms with Gasteiger partial charge in [-0.05, 0) is 26.0 Å². The van der Waals surface area contributed by atoms with Gasteiger partial charge in [0.05, 0.1) is 17.1 Å². The lowest BCUT2D eigenvalue weighted by atomic mass is 10.2. The monoisotopic (exact) mass is 245 g/mol. The third-order valence-corrected chi connectivity index (χ3v) is 2.58. The van der Waals surface area contributed by atoms with Gasteiger partial charge < -0.3 is 5.73 Å². The van der Waals surface area contributed by atoms with Gasteiger partial charge in [-0.3, -0.25) is 20.7 Å². The summed E-state index contributed by atoms with van der Waals surface area (Å²) in [4.78, 5) is 11.8. The third-order valence-electron chi connectivity index (χ3n) is 2.58. The number of nitrogen functional groups attached to an aromatic ring is 1. The number of hydrazine groups is 1. The summed E-state index contributed by atoms with van der Waals surface area (Å²) >= 11 is 0. The molecule has 2 rings (SSSR count). The fourth-order valence-corrected chi connectivity index (χ4v) is 1.44. The van der Waals surface area contributed by atoms with Crippen molar-refractivity contribution < 1.29 is 4.79 Å².